The molecule has 0 radical (unpaired) electrons. The minimum absolute atomic E-state index is 0.0743. The summed E-state index contributed by atoms with van der Waals surface area (Å²) in [5.41, 5.74) is -3.62. The second-order valence-corrected chi connectivity index (χ2v) is 25.0. The lowest BCUT2D eigenvalue weighted by Crippen LogP contribution is -2.59. The van der Waals surface area contributed by atoms with Gasteiger partial charge in [-0.3, -0.25) is 14.5 Å². The van der Waals surface area contributed by atoms with E-state index in [0.29, 0.717) is 13.0 Å². The second kappa shape index (κ2) is 25.5. The molecule has 446 valence electrons. The number of sulfonamides is 1. The Bertz CT molecular complexity index is 2640. The molecule has 3 aliphatic heterocycles. The summed E-state index contributed by atoms with van der Waals surface area (Å²) < 4.78 is 115. The first kappa shape index (κ1) is 64.5. The molecule has 0 aliphatic carbocycles. The number of carbonyl (C=O) groups excluding carboxylic acids is 2. The Labute approximate surface area is 463 Å². The van der Waals surface area contributed by atoms with Crippen molar-refractivity contribution in [3.8, 4) is 0 Å². The normalized spacial score (nSPS) is 37.2. The predicted octanol–water partition coefficient (Wildman–Crippen LogP) is 6.77. The van der Waals surface area contributed by atoms with Crippen LogP contribution in [0, 0.1) is 29.6 Å². The van der Waals surface area contributed by atoms with Gasteiger partial charge in [-0.25, -0.2) is 13.1 Å². The fourth-order valence-corrected chi connectivity index (χ4v) is 13.3. The molecule has 3 fully saturated rings. The fraction of sp³-hybridized carbons (Fsp3) is 0.719. The Morgan fingerprint density at radius 2 is 1.53 bits per heavy atom. The van der Waals surface area contributed by atoms with Crippen molar-refractivity contribution in [2.75, 3.05) is 34.4 Å². The van der Waals surface area contributed by atoms with Gasteiger partial charge in [-0.15, -0.1) is 0 Å². The zero-order valence-electron chi connectivity index (χ0n) is 48.1. The highest BCUT2D eigenvalue weighted by atomic mass is 32.2. The van der Waals surface area contributed by atoms with Gasteiger partial charge in [-0.05, 0) is 117 Å². The van der Waals surface area contributed by atoms with Crippen LogP contribution in [0.3, 0.4) is 0 Å². The number of esters is 1. The molecule has 0 saturated carbocycles. The fourth-order valence-electron chi connectivity index (χ4n) is 12.2. The number of para-hydroxylation sites is 1. The van der Waals surface area contributed by atoms with E-state index in [1.165, 1.54) is 28.1 Å². The number of rotatable bonds is 16. The predicted molar refractivity (Wildman–Crippen MR) is 287 cm³/mol. The highest BCUT2D eigenvalue weighted by Gasteiger charge is 2.53. The number of cyclic esters (lactones) is 1. The lowest BCUT2D eigenvalue weighted by Gasteiger charge is -2.49. The number of fused-ring (bicyclic) bond motifs is 1. The van der Waals surface area contributed by atoms with Crippen LogP contribution >= 0.6 is 0 Å². The lowest BCUT2D eigenvalue weighted by atomic mass is 9.70. The zero-order valence-corrected chi connectivity index (χ0v) is 48.9. The first-order valence-electron chi connectivity index (χ1n) is 27.4. The van der Waals surface area contributed by atoms with Crippen molar-refractivity contribution in [3.05, 3.63) is 65.9 Å². The van der Waals surface area contributed by atoms with Gasteiger partial charge in [0, 0.05) is 80.7 Å². The molecule has 18 nitrogen and oxygen atoms in total. The summed E-state index contributed by atoms with van der Waals surface area (Å²) in [5, 5.41) is 47.8. The Morgan fingerprint density at radius 3 is 2.14 bits per heavy atom. The molecule has 1 aromatic heterocycles. The van der Waals surface area contributed by atoms with Crippen LogP contribution in [0.2, 0.25) is 0 Å². The molecular formula is C57H86F3N3O15S. The monoisotopic (exact) mass is 1140 g/mol. The average molecular weight is 1140 g/mol. The van der Waals surface area contributed by atoms with Crippen LogP contribution in [0.1, 0.15) is 119 Å². The first-order chi connectivity index (χ1) is 36.7. The van der Waals surface area contributed by atoms with Crippen molar-refractivity contribution in [1.29, 1.82) is 0 Å². The molecule has 3 aliphatic rings. The maximum absolute atomic E-state index is 14.5. The number of nitrogens with one attached hydrogen (secondary N) is 1. The number of likely N-dealkylation sites (N-methyl/N-ethyl adjacent to an activating group) is 1. The van der Waals surface area contributed by atoms with E-state index in [1.54, 1.807) is 34.6 Å². The van der Waals surface area contributed by atoms with Gasteiger partial charge in [0.15, 0.2) is 12.6 Å². The SMILES string of the molecule is CC[C@H]1OC(=O)[C@H](C)[C@@H](OC2C[C@@](C)(OC)[C@@H](O)[C@H](C)O2)[C@H](C)[C@@H](CO[C@@H]2O[C@H](C)C[C@H](N(C)Cc3cn([C@@H](C)CNS(=O)(=O)c4ccc(C(F)(F)F)cc4)c4ccccc34)[C@H]2O)[C@](C)(OC)C[C@@H](C)C(=O)[C@H](C)[C@@H](O)[C@]1(C)O. The largest absolute Gasteiger partial charge is 0.459 e. The number of hydrogen-bond acceptors (Lipinski definition) is 16. The van der Waals surface area contributed by atoms with E-state index in [2.05, 4.69) is 4.72 Å². The molecule has 79 heavy (non-hydrogen) atoms. The van der Waals surface area contributed by atoms with Crippen LogP contribution in [0.4, 0.5) is 13.2 Å². The third kappa shape index (κ3) is 14.1. The molecular weight excluding hydrogens is 1060 g/mol. The maximum Gasteiger partial charge on any atom is 0.416 e. The van der Waals surface area contributed by atoms with Crippen LogP contribution in [-0.4, -0.2) is 163 Å². The Hall–Kier alpha value is -3.62. The van der Waals surface area contributed by atoms with Crippen molar-refractivity contribution in [1.82, 2.24) is 14.2 Å². The summed E-state index contributed by atoms with van der Waals surface area (Å²) in [5.74, 6) is -5.38. The standard InChI is InChI=1S/C57H86F3N3O15S/c1-15-45-56(11,69)50(66)35(6)47(64)31(2)25-54(9,72-13)42(34(5)49(36(7)52(68)77-45)78-46-26-55(10,73-14)51(67)37(8)76-46)30-74-53-48(65)44(24-33(4)75-53)62(12)28-38-29-63(43-19-17-16-18-41(38)43)32(3)27-61-79(70,71)40-22-20-39(21-23-40)57(58,59)60/h16-23,29,31-37,42,44-46,48-51,53,61,65-67,69H,15,24-28,30H2,1-14H3/t31-,32+,33-,34-,35+,36-,37+,42-,44+,45-,46?,48-,49+,50-,51+,53-,54-,55-,56-/m1/s1. The number of ether oxygens (including phenoxy) is 7. The molecule has 5 N–H and O–H groups in total. The Morgan fingerprint density at radius 1 is 0.899 bits per heavy atom. The van der Waals surface area contributed by atoms with Gasteiger partial charge in [0.25, 0.3) is 0 Å². The van der Waals surface area contributed by atoms with E-state index in [0.717, 1.165) is 40.7 Å². The van der Waals surface area contributed by atoms with E-state index >= 15 is 0 Å². The number of aromatic nitrogens is 1. The summed E-state index contributed by atoms with van der Waals surface area (Å²) in [7, 11) is 0.710. The molecule has 1 unspecified atom stereocenters. The van der Waals surface area contributed by atoms with Crippen molar-refractivity contribution in [2.45, 2.75) is 204 Å². The maximum atomic E-state index is 14.5. The zero-order chi connectivity index (χ0) is 58.9. The van der Waals surface area contributed by atoms with Crippen molar-refractivity contribution >= 4 is 32.7 Å². The number of hydrogen-bond donors (Lipinski definition) is 5. The summed E-state index contributed by atoms with van der Waals surface area (Å²) in [4.78, 5) is 30.5. The number of carbonyl (C=O) groups is 2. The summed E-state index contributed by atoms with van der Waals surface area (Å²) in [6.07, 6.45) is -11.4. The molecule has 2 aromatic carbocycles. The van der Waals surface area contributed by atoms with E-state index in [9.17, 15) is 51.6 Å². The number of benzene rings is 2. The third-order valence-corrected chi connectivity index (χ3v) is 18.9. The van der Waals surface area contributed by atoms with Crippen LogP contribution in [0.5, 0.6) is 0 Å². The number of aliphatic hydroxyl groups excluding tert-OH is 3. The molecule has 6 rings (SSSR count). The average Bonchev–Trinajstić information content (AvgIpc) is 3.79. The Balaban J connectivity index is 1.28. The van der Waals surface area contributed by atoms with Crippen molar-refractivity contribution in [3.63, 3.8) is 0 Å². The molecule has 22 heteroatoms. The topological polar surface area (TPSA) is 234 Å². The number of methoxy groups -OCH3 is 2. The van der Waals surface area contributed by atoms with Gasteiger partial charge < -0.3 is 58.2 Å². The molecule has 3 saturated heterocycles. The van der Waals surface area contributed by atoms with E-state index in [4.69, 9.17) is 33.2 Å². The van der Waals surface area contributed by atoms with Gasteiger partial charge in [-0.2, -0.15) is 13.2 Å². The quantitative estimate of drug-likeness (QED) is 0.0931. The van der Waals surface area contributed by atoms with Gasteiger partial charge in [0.1, 0.15) is 29.7 Å². The van der Waals surface area contributed by atoms with Gasteiger partial charge >= 0.3 is 12.1 Å². The summed E-state index contributed by atoms with van der Waals surface area (Å²) >= 11 is 0. The molecule has 0 amide bonds. The Kier molecular flexibility index (Phi) is 20.8. The second-order valence-electron chi connectivity index (χ2n) is 23.3. The van der Waals surface area contributed by atoms with Crippen LogP contribution in [0.15, 0.2) is 59.6 Å². The number of Topliss-reactive ketones (excluding diaryl/α,β-unsaturated/α-hetero) is 1. The molecule has 0 bridgehead atoms. The highest BCUT2D eigenvalue weighted by Crippen LogP contribution is 2.43. The first-order valence-corrected chi connectivity index (χ1v) is 28.9. The van der Waals surface area contributed by atoms with E-state index in [1.807, 2.05) is 74.7 Å². The van der Waals surface area contributed by atoms with Crippen LogP contribution in [0.25, 0.3) is 10.9 Å². The minimum Gasteiger partial charge on any atom is -0.459 e. The summed E-state index contributed by atoms with van der Waals surface area (Å²) in [6, 6.07) is 9.95. The van der Waals surface area contributed by atoms with Crippen molar-refractivity contribution in [2.24, 2.45) is 29.6 Å². The lowest BCUT2D eigenvalue weighted by molar-refractivity contribution is -0.301. The van der Waals surface area contributed by atoms with E-state index < -0.39 is 142 Å². The number of nitrogens with zero attached hydrogens (tertiary/aromatic N) is 2. The molecule has 19 atom stereocenters. The van der Waals surface area contributed by atoms with Crippen LogP contribution in [-0.2, 0) is 65.5 Å². The van der Waals surface area contributed by atoms with Gasteiger partial charge in [0.05, 0.1) is 58.6 Å². The van der Waals surface area contributed by atoms with E-state index in [-0.39, 0.29) is 43.1 Å². The summed E-state index contributed by atoms with van der Waals surface area (Å²) in [6.45, 7) is 18.9. The van der Waals surface area contributed by atoms with Gasteiger partial charge in [0.2, 0.25) is 10.0 Å². The number of alkyl halides is 3. The van der Waals surface area contributed by atoms with Crippen LogP contribution < -0.4 is 4.72 Å². The number of aliphatic hydroxyl groups is 4. The van der Waals surface area contributed by atoms with Crippen molar-refractivity contribution < 1.29 is 84.8 Å². The number of halogens is 3. The smallest absolute Gasteiger partial charge is 0.416 e. The van der Waals surface area contributed by atoms with Gasteiger partial charge in [-0.1, -0.05) is 45.9 Å². The molecule has 0 spiro atoms. The number of ketones is 1. The molecule has 4 heterocycles. The third-order valence-electron chi connectivity index (χ3n) is 17.4. The highest BCUT2D eigenvalue weighted by molar-refractivity contribution is 7.89. The minimum atomic E-state index is -4.62. The molecule has 3 aromatic rings.